The Labute approximate surface area is 114 Å². The topological polar surface area (TPSA) is 85.1 Å². The number of rotatable bonds is 3. The zero-order valence-electron chi connectivity index (χ0n) is 9.76. The van der Waals surface area contributed by atoms with Crippen LogP contribution in [0, 0.1) is 0 Å². The van der Waals surface area contributed by atoms with E-state index in [1.54, 1.807) is 30.3 Å². The molecule has 1 aromatic carbocycles. The highest BCUT2D eigenvalue weighted by Gasteiger charge is 2.08. The van der Waals surface area contributed by atoms with Crippen molar-refractivity contribution in [1.29, 1.82) is 0 Å². The molecule has 0 atom stereocenters. The minimum absolute atomic E-state index is 0.0916. The summed E-state index contributed by atoms with van der Waals surface area (Å²) in [6.45, 7) is 0. The first-order valence-electron chi connectivity index (χ1n) is 5.39. The first-order valence-corrected chi connectivity index (χ1v) is 5.77. The van der Waals surface area contributed by atoms with E-state index in [-0.39, 0.29) is 11.6 Å². The quantitative estimate of drug-likeness (QED) is 0.899. The summed E-state index contributed by atoms with van der Waals surface area (Å²) in [5, 5.41) is 3.20. The van der Waals surface area contributed by atoms with Gasteiger partial charge < -0.3 is 11.1 Å². The summed E-state index contributed by atoms with van der Waals surface area (Å²) in [7, 11) is 0. The van der Waals surface area contributed by atoms with Crippen molar-refractivity contribution in [3.05, 3.63) is 58.9 Å². The Morgan fingerprint density at radius 1 is 1.16 bits per heavy atom. The Kier molecular flexibility index (Phi) is 3.77. The summed E-state index contributed by atoms with van der Waals surface area (Å²) in [5.74, 6) is -0.958. The lowest BCUT2D eigenvalue weighted by Crippen LogP contribution is -2.15. The number of aromatic nitrogens is 1. The van der Waals surface area contributed by atoms with E-state index in [2.05, 4.69) is 10.3 Å². The maximum absolute atomic E-state index is 11.9. The van der Waals surface area contributed by atoms with Crippen molar-refractivity contribution in [3.8, 4) is 0 Å². The van der Waals surface area contributed by atoms with Crippen molar-refractivity contribution in [3.63, 3.8) is 0 Å². The van der Waals surface area contributed by atoms with E-state index in [0.29, 0.717) is 16.3 Å². The van der Waals surface area contributed by atoms with Crippen LogP contribution in [0.3, 0.4) is 0 Å². The largest absolute Gasteiger partial charge is 0.364 e. The molecular weight excluding hydrogens is 266 g/mol. The van der Waals surface area contributed by atoms with Crippen LogP contribution in [0.15, 0.2) is 42.6 Å². The molecular formula is C13H10ClN3O2. The summed E-state index contributed by atoms with van der Waals surface area (Å²) in [6.07, 6.45) is 1.40. The fraction of sp³-hybridized carbons (Fsp3) is 0. The number of nitrogens with one attached hydrogen (secondary N) is 1. The molecule has 1 aromatic heterocycles. The molecule has 0 aliphatic carbocycles. The molecule has 0 spiro atoms. The van der Waals surface area contributed by atoms with Gasteiger partial charge in [0.2, 0.25) is 0 Å². The van der Waals surface area contributed by atoms with Crippen molar-refractivity contribution in [1.82, 2.24) is 4.98 Å². The lowest BCUT2D eigenvalue weighted by atomic mass is 10.2. The molecule has 96 valence electrons. The van der Waals surface area contributed by atoms with E-state index in [4.69, 9.17) is 17.3 Å². The lowest BCUT2D eigenvalue weighted by Gasteiger charge is -2.05. The molecule has 19 heavy (non-hydrogen) atoms. The second-order valence-electron chi connectivity index (χ2n) is 3.76. The smallest absolute Gasteiger partial charge is 0.267 e. The van der Waals surface area contributed by atoms with Gasteiger partial charge in [0.1, 0.15) is 5.69 Å². The predicted octanol–water partition coefficient (Wildman–Crippen LogP) is 2.09. The number of primary amides is 1. The number of nitrogens with two attached hydrogens (primary N) is 1. The van der Waals surface area contributed by atoms with Crippen LogP contribution in [-0.4, -0.2) is 16.8 Å². The van der Waals surface area contributed by atoms with Crippen LogP contribution in [0.4, 0.5) is 5.69 Å². The van der Waals surface area contributed by atoms with E-state index < -0.39 is 5.91 Å². The zero-order valence-corrected chi connectivity index (χ0v) is 10.5. The highest BCUT2D eigenvalue weighted by atomic mass is 35.5. The van der Waals surface area contributed by atoms with Crippen LogP contribution in [0.5, 0.6) is 0 Å². The Morgan fingerprint density at radius 2 is 1.84 bits per heavy atom. The number of pyridine rings is 1. The Balaban J connectivity index is 2.17. The maximum atomic E-state index is 11.9. The standard InChI is InChI=1S/C13H10ClN3O2/c14-9-3-1-8(2-4-9)13(19)17-10-5-6-16-11(7-10)12(15)18/h1-7H,(H2,15,18)(H,16,17,19). The second kappa shape index (κ2) is 5.49. The first-order chi connectivity index (χ1) is 9.06. The molecule has 0 fully saturated rings. The number of amides is 2. The van der Waals surface area contributed by atoms with Gasteiger partial charge >= 0.3 is 0 Å². The molecule has 0 aliphatic rings. The van der Waals surface area contributed by atoms with Crippen molar-refractivity contribution in [2.45, 2.75) is 0 Å². The molecule has 2 rings (SSSR count). The average Bonchev–Trinajstić information content (AvgIpc) is 2.39. The number of carbonyl (C=O) groups is 2. The molecule has 6 heteroatoms. The third-order valence-electron chi connectivity index (χ3n) is 2.38. The molecule has 2 aromatic rings. The number of carbonyl (C=O) groups excluding carboxylic acids is 2. The monoisotopic (exact) mass is 275 g/mol. The summed E-state index contributed by atoms with van der Waals surface area (Å²) in [6, 6.07) is 9.44. The van der Waals surface area contributed by atoms with Crippen LogP contribution < -0.4 is 11.1 Å². The lowest BCUT2D eigenvalue weighted by molar-refractivity contribution is 0.0992. The maximum Gasteiger partial charge on any atom is 0.267 e. The highest BCUT2D eigenvalue weighted by Crippen LogP contribution is 2.13. The SMILES string of the molecule is NC(=O)c1cc(NC(=O)c2ccc(Cl)cc2)ccn1. The normalized spacial score (nSPS) is 9.95. The van der Waals surface area contributed by atoms with Crippen molar-refractivity contribution in [2.24, 2.45) is 5.73 Å². The van der Waals surface area contributed by atoms with Crippen LogP contribution in [0.2, 0.25) is 5.02 Å². The van der Waals surface area contributed by atoms with Gasteiger partial charge in [-0.3, -0.25) is 14.6 Å². The van der Waals surface area contributed by atoms with Gasteiger partial charge in [0.05, 0.1) is 0 Å². The summed E-state index contributed by atoms with van der Waals surface area (Å²) in [5.41, 5.74) is 6.11. The third-order valence-corrected chi connectivity index (χ3v) is 2.63. The van der Waals surface area contributed by atoms with E-state index >= 15 is 0 Å². The van der Waals surface area contributed by atoms with E-state index in [0.717, 1.165) is 0 Å². The molecule has 1 heterocycles. The van der Waals surface area contributed by atoms with Gasteiger partial charge in [0, 0.05) is 22.5 Å². The second-order valence-corrected chi connectivity index (χ2v) is 4.19. The molecule has 0 bridgehead atoms. The van der Waals surface area contributed by atoms with Gasteiger partial charge in [0.25, 0.3) is 11.8 Å². The minimum Gasteiger partial charge on any atom is -0.364 e. The van der Waals surface area contributed by atoms with E-state index in [1.165, 1.54) is 12.3 Å². The summed E-state index contributed by atoms with van der Waals surface area (Å²) >= 11 is 5.74. The fourth-order valence-corrected chi connectivity index (χ4v) is 1.57. The number of anilines is 1. The molecule has 0 unspecified atom stereocenters. The molecule has 0 aliphatic heterocycles. The van der Waals surface area contributed by atoms with Crippen LogP contribution >= 0.6 is 11.6 Å². The minimum atomic E-state index is -0.650. The predicted molar refractivity (Wildman–Crippen MR) is 72.2 cm³/mol. The molecule has 0 saturated heterocycles. The molecule has 3 N–H and O–H groups in total. The number of nitrogens with zero attached hydrogens (tertiary/aromatic N) is 1. The molecule has 0 radical (unpaired) electrons. The van der Waals surface area contributed by atoms with Gasteiger partial charge in [-0.2, -0.15) is 0 Å². The van der Waals surface area contributed by atoms with Crippen molar-refractivity contribution < 1.29 is 9.59 Å². The molecule has 2 amide bonds. The van der Waals surface area contributed by atoms with E-state index in [9.17, 15) is 9.59 Å². The fourth-order valence-electron chi connectivity index (χ4n) is 1.45. The summed E-state index contributed by atoms with van der Waals surface area (Å²) in [4.78, 5) is 26.7. The number of halogens is 1. The van der Waals surface area contributed by atoms with Gasteiger partial charge in [-0.25, -0.2) is 0 Å². The Bertz CT molecular complexity index is 626. The number of benzene rings is 1. The Morgan fingerprint density at radius 3 is 2.47 bits per heavy atom. The number of hydrogen-bond donors (Lipinski definition) is 2. The van der Waals surface area contributed by atoms with Crippen LogP contribution in [0.1, 0.15) is 20.8 Å². The van der Waals surface area contributed by atoms with Gasteiger partial charge in [-0.1, -0.05) is 11.6 Å². The average molecular weight is 276 g/mol. The highest BCUT2D eigenvalue weighted by molar-refractivity contribution is 6.30. The van der Waals surface area contributed by atoms with Crippen LogP contribution in [-0.2, 0) is 0 Å². The third kappa shape index (κ3) is 3.29. The molecule has 0 saturated carbocycles. The molecule has 5 nitrogen and oxygen atoms in total. The van der Waals surface area contributed by atoms with Crippen LogP contribution in [0.25, 0.3) is 0 Å². The number of hydrogen-bond acceptors (Lipinski definition) is 3. The van der Waals surface area contributed by atoms with Gasteiger partial charge in [-0.05, 0) is 36.4 Å². The van der Waals surface area contributed by atoms with Crippen molar-refractivity contribution in [2.75, 3.05) is 5.32 Å². The van der Waals surface area contributed by atoms with Gasteiger partial charge in [0.15, 0.2) is 0 Å². The first kappa shape index (κ1) is 13.0. The van der Waals surface area contributed by atoms with E-state index in [1.807, 2.05) is 0 Å². The van der Waals surface area contributed by atoms with Crippen molar-refractivity contribution >= 4 is 29.1 Å². The zero-order chi connectivity index (χ0) is 13.8. The Hall–Kier alpha value is -2.40. The summed E-state index contributed by atoms with van der Waals surface area (Å²) < 4.78 is 0. The van der Waals surface area contributed by atoms with Gasteiger partial charge in [-0.15, -0.1) is 0 Å².